The molecule has 2 nitrogen and oxygen atoms in total. The second-order valence-electron chi connectivity index (χ2n) is 4.45. The SMILES string of the molecule is NNC(c1cc(I)ccc1Br)c1cccc2ccsc12. The molecule has 20 heavy (non-hydrogen) atoms. The Balaban J connectivity index is 2.19. The maximum Gasteiger partial charge on any atom is 0.0735 e. The highest BCUT2D eigenvalue weighted by Gasteiger charge is 2.18. The van der Waals surface area contributed by atoms with E-state index in [2.05, 4.69) is 91.8 Å². The van der Waals surface area contributed by atoms with Gasteiger partial charge in [0.1, 0.15) is 0 Å². The van der Waals surface area contributed by atoms with E-state index in [0.29, 0.717) is 0 Å². The van der Waals surface area contributed by atoms with Crippen molar-refractivity contribution >= 4 is 59.9 Å². The van der Waals surface area contributed by atoms with E-state index < -0.39 is 0 Å². The first-order valence-electron chi connectivity index (χ1n) is 6.08. The number of benzene rings is 2. The Hall–Kier alpha value is -0.470. The molecule has 0 amide bonds. The minimum Gasteiger partial charge on any atom is -0.271 e. The smallest absolute Gasteiger partial charge is 0.0735 e. The van der Waals surface area contributed by atoms with Crippen LogP contribution in [0.3, 0.4) is 0 Å². The van der Waals surface area contributed by atoms with Crippen molar-refractivity contribution in [2.24, 2.45) is 5.84 Å². The Morgan fingerprint density at radius 2 is 2.00 bits per heavy atom. The van der Waals surface area contributed by atoms with Gasteiger partial charge in [-0.25, -0.2) is 5.43 Å². The summed E-state index contributed by atoms with van der Waals surface area (Å²) in [5.74, 6) is 5.85. The summed E-state index contributed by atoms with van der Waals surface area (Å²) in [5.41, 5.74) is 5.32. The summed E-state index contributed by atoms with van der Waals surface area (Å²) in [4.78, 5) is 0. The third-order valence-corrected chi connectivity index (χ3v) is 5.63. The van der Waals surface area contributed by atoms with Gasteiger partial charge in [-0.2, -0.15) is 0 Å². The van der Waals surface area contributed by atoms with Gasteiger partial charge in [0.05, 0.1) is 6.04 Å². The number of fused-ring (bicyclic) bond motifs is 1. The van der Waals surface area contributed by atoms with Crippen LogP contribution in [-0.4, -0.2) is 0 Å². The summed E-state index contributed by atoms with van der Waals surface area (Å²) in [6.07, 6.45) is 0. The number of hydrogen-bond donors (Lipinski definition) is 2. The van der Waals surface area contributed by atoms with Gasteiger partial charge in [0.15, 0.2) is 0 Å². The normalized spacial score (nSPS) is 12.8. The van der Waals surface area contributed by atoms with E-state index in [1.807, 2.05) is 0 Å². The molecule has 0 aliphatic carbocycles. The molecule has 0 saturated heterocycles. The fraction of sp³-hybridized carbons (Fsp3) is 0.0667. The van der Waals surface area contributed by atoms with E-state index in [-0.39, 0.29) is 6.04 Å². The molecule has 0 aliphatic heterocycles. The van der Waals surface area contributed by atoms with Crippen molar-refractivity contribution in [2.45, 2.75) is 6.04 Å². The van der Waals surface area contributed by atoms with Crippen molar-refractivity contribution in [1.29, 1.82) is 0 Å². The van der Waals surface area contributed by atoms with Crippen LogP contribution in [0.1, 0.15) is 17.2 Å². The summed E-state index contributed by atoms with van der Waals surface area (Å²) in [6.45, 7) is 0. The molecule has 0 fully saturated rings. The second-order valence-corrected chi connectivity index (χ2v) is 7.47. The van der Waals surface area contributed by atoms with Crippen molar-refractivity contribution in [3.05, 3.63) is 67.0 Å². The molecule has 1 heterocycles. The van der Waals surface area contributed by atoms with Gasteiger partial charge in [-0.15, -0.1) is 11.3 Å². The zero-order valence-electron chi connectivity index (χ0n) is 10.4. The monoisotopic (exact) mass is 458 g/mol. The first kappa shape index (κ1) is 14.5. The Kier molecular flexibility index (Phi) is 4.42. The number of nitrogens with one attached hydrogen (secondary N) is 1. The molecule has 0 aliphatic rings. The third kappa shape index (κ3) is 2.65. The standard InChI is InChI=1S/C15H12BrIN2S/c16-13-5-4-10(17)8-12(13)14(19-18)11-3-1-2-9-6-7-20-15(9)11/h1-8,14,19H,18H2. The molecule has 1 unspecified atom stereocenters. The van der Waals surface area contributed by atoms with E-state index in [4.69, 9.17) is 5.84 Å². The molecule has 3 N–H and O–H groups in total. The summed E-state index contributed by atoms with van der Waals surface area (Å²) >= 11 is 7.70. The Morgan fingerprint density at radius 3 is 2.80 bits per heavy atom. The number of hydrogen-bond acceptors (Lipinski definition) is 3. The third-order valence-electron chi connectivity index (χ3n) is 3.26. The average molecular weight is 459 g/mol. The number of nitrogens with two attached hydrogens (primary N) is 1. The van der Waals surface area contributed by atoms with E-state index >= 15 is 0 Å². The number of rotatable bonds is 3. The van der Waals surface area contributed by atoms with Gasteiger partial charge in [-0.3, -0.25) is 5.84 Å². The molecule has 0 bridgehead atoms. The first-order valence-corrected chi connectivity index (χ1v) is 8.83. The first-order chi connectivity index (χ1) is 9.70. The summed E-state index contributed by atoms with van der Waals surface area (Å²) < 4.78 is 3.54. The maximum absolute atomic E-state index is 5.85. The van der Waals surface area contributed by atoms with Crippen LogP contribution in [0.5, 0.6) is 0 Å². The second kappa shape index (κ2) is 6.11. The highest BCUT2D eigenvalue weighted by atomic mass is 127. The fourth-order valence-electron chi connectivity index (χ4n) is 2.33. The van der Waals surface area contributed by atoms with Crippen LogP contribution in [-0.2, 0) is 0 Å². The van der Waals surface area contributed by atoms with E-state index in [0.717, 1.165) is 10.0 Å². The van der Waals surface area contributed by atoms with Crippen molar-refractivity contribution in [2.75, 3.05) is 0 Å². The van der Waals surface area contributed by atoms with Gasteiger partial charge in [0, 0.05) is 12.7 Å². The molecule has 102 valence electrons. The molecular weight excluding hydrogens is 447 g/mol. The highest BCUT2D eigenvalue weighted by molar-refractivity contribution is 14.1. The van der Waals surface area contributed by atoms with E-state index in [1.54, 1.807) is 11.3 Å². The largest absolute Gasteiger partial charge is 0.271 e. The number of thiophene rings is 1. The lowest BCUT2D eigenvalue weighted by Crippen LogP contribution is -2.29. The Morgan fingerprint density at radius 1 is 1.15 bits per heavy atom. The van der Waals surface area contributed by atoms with Crippen molar-refractivity contribution in [3.8, 4) is 0 Å². The summed E-state index contributed by atoms with van der Waals surface area (Å²) in [7, 11) is 0. The zero-order valence-corrected chi connectivity index (χ0v) is 15.0. The van der Waals surface area contributed by atoms with Gasteiger partial charge in [0.2, 0.25) is 0 Å². The molecule has 3 aromatic rings. The predicted octanol–water partition coefficient (Wildman–Crippen LogP) is 4.82. The van der Waals surface area contributed by atoms with E-state index in [9.17, 15) is 0 Å². The minimum atomic E-state index is -0.0264. The van der Waals surface area contributed by atoms with Gasteiger partial charge in [-0.05, 0) is 68.7 Å². The summed E-state index contributed by atoms with van der Waals surface area (Å²) in [5, 5.41) is 3.38. The summed E-state index contributed by atoms with van der Waals surface area (Å²) in [6, 6.07) is 14.8. The lowest BCUT2D eigenvalue weighted by atomic mass is 9.98. The Labute approximate surface area is 143 Å². The molecule has 3 rings (SSSR count). The van der Waals surface area contributed by atoms with Crippen LogP contribution in [0.2, 0.25) is 0 Å². The van der Waals surface area contributed by atoms with Crippen LogP contribution in [0.25, 0.3) is 10.1 Å². The van der Waals surface area contributed by atoms with Crippen molar-refractivity contribution in [3.63, 3.8) is 0 Å². The van der Waals surface area contributed by atoms with Gasteiger partial charge < -0.3 is 0 Å². The molecule has 1 aromatic heterocycles. The van der Waals surface area contributed by atoms with Crippen LogP contribution in [0, 0.1) is 3.57 Å². The van der Waals surface area contributed by atoms with Gasteiger partial charge in [-0.1, -0.05) is 34.1 Å². The van der Waals surface area contributed by atoms with Crippen LogP contribution in [0.15, 0.2) is 52.3 Å². The molecule has 1 atom stereocenters. The number of hydrazine groups is 1. The van der Waals surface area contributed by atoms with E-state index in [1.165, 1.54) is 19.2 Å². The molecule has 0 radical (unpaired) electrons. The molecular formula is C15H12BrIN2S. The average Bonchev–Trinajstić information content (AvgIpc) is 2.92. The highest BCUT2D eigenvalue weighted by Crippen LogP contribution is 2.35. The van der Waals surface area contributed by atoms with Crippen molar-refractivity contribution in [1.82, 2.24) is 5.43 Å². The Bertz CT molecular complexity index is 756. The van der Waals surface area contributed by atoms with Crippen molar-refractivity contribution < 1.29 is 0 Å². The fourth-order valence-corrected chi connectivity index (χ4v) is 4.26. The van der Waals surface area contributed by atoms with Crippen LogP contribution < -0.4 is 11.3 Å². The topological polar surface area (TPSA) is 38.0 Å². The molecule has 2 aromatic carbocycles. The van der Waals surface area contributed by atoms with Gasteiger partial charge in [0.25, 0.3) is 0 Å². The quantitative estimate of drug-likeness (QED) is 0.335. The zero-order chi connectivity index (χ0) is 14.1. The molecule has 0 spiro atoms. The predicted molar refractivity (Wildman–Crippen MR) is 97.9 cm³/mol. The van der Waals surface area contributed by atoms with Crippen LogP contribution in [0.4, 0.5) is 0 Å². The van der Waals surface area contributed by atoms with Gasteiger partial charge >= 0.3 is 0 Å². The molecule has 0 saturated carbocycles. The lowest BCUT2D eigenvalue weighted by Gasteiger charge is -2.19. The molecule has 5 heteroatoms. The van der Waals surface area contributed by atoms with Crippen LogP contribution >= 0.6 is 49.9 Å². The minimum absolute atomic E-state index is 0.0264. The lowest BCUT2D eigenvalue weighted by molar-refractivity contribution is 0.639. The number of halogens is 2. The maximum atomic E-state index is 5.85.